The van der Waals surface area contributed by atoms with Gasteiger partial charge in [0.25, 0.3) is 17.7 Å². The Labute approximate surface area is 186 Å². The molecule has 0 aliphatic carbocycles. The van der Waals surface area contributed by atoms with Crippen LogP contribution in [0.15, 0.2) is 30.3 Å². The maximum atomic E-state index is 12.4. The number of halogens is 3. The summed E-state index contributed by atoms with van der Waals surface area (Å²) in [5, 5.41) is 3.00. The molecule has 2 aromatic carbocycles. The number of hydrogen-bond acceptors (Lipinski definition) is 5. The van der Waals surface area contributed by atoms with Crippen molar-refractivity contribution in [3.8, 4) is 0 Å². The molecule has 0 saturated heterocycles. The lowest BCUT2D eigenvalue weighted by atomic mass is 10.1. The lowest BCUT2D eigenvalue weighted by molar-refractivity contribution is -0.147. The first kappa shape index (κ1) is 22.1. The van der Waals surface area contributed by atoms with Gasteiger partial charge in [0.05, 0.1) is 33.3 Å². The van der Waals surface area contributed by atoms with Crippen molar-refractivity contribution >= 4 is 64.2 Å². The molecule has 1 heterocycles. The minimum absolute atomic E-state index is 0.132. The minimum Gasteiger partial charge on any atom is -0.456 e. The maximum absolute atomic E-state index is 12.4. The number of carbonyl (C=O) groups is 4. The number of esters is 1. The highest BCUT2D eigenvalue weighted by Gasteiger charge is 2.35. The molecule has 0 bridgehead atoms. The molecule has 1 aliphatic rings. The van der Waals surface area contributed by atoms with E-state index < -0.39 is 30.3 Å². The molecule has 156 valence electrons. The second kappa shape index (κ2) is 9.04. The minimum atomic E-state index is -0.744. The molecule has 1 N–H and O–H groups in total. The molecule has 2 aromatic rings. The molecular formula is C20H15Cl3N2O5. The van der Waals surface area contributed by atoms with Gasteiger partial charge in [-0.2, -0.15) is 0 Å². The predicted octanol–water partition coefficient (Wildman–Crippen LogP) is 4.12. The third-order valence-corrected chi connectivity index (χ3v) is 5.12. The monoisotopic (exact) mass is 468 g/mol. The van der Waals surface area contributed by atoms with Crippen molar-refractivity contribution in [2.24, 2.45) is 0 Å². The van der Waals surface area contributed by atoms with Crippen LogP contribution in [0.5, 0.6) is 0 Å². The molecule has 0 aromatic heterocycles. The molecule has 0 saturated carbocycles. The maximum Gasteiger partial charge on any atom is 0.308 e. The van der Waals surface area contributed by atoms with Crippen LogP contribution in [-0.2, 0) is 14.3 Å². The number of benzene rings is 2. The van der Waals surface area contributed by atoms with Gasteiger partial charge in [0.15, 0.2) is 6.61 Å². The summed E-state index contributed by atoms with van der Waals surface area (Å²) in [4.78, 5) is 49.7. The van der Waals surface area contributed by atoms with Crippen molar-refractivity contribution in [2.45, 2.75) is 13.3 Å². The van der Waals surface area contributed by atoms with Crippen molar-refractivity contribution < 1.29 is 23.9 Å². The van der Waals surface area contributed by atoms with Gasteiger partial charge in [-0.15, -0.1) is 0 Å². The number of fused-ring (bicyclic) bond motifs is 1. The smallest absolute Gasteiger partial charge is 0.308 e. The quantitative estimate of drug-likeness (QED) is 0.507. The van der Waals surface area contributed by atoms with Crippen molar-refractivity contribution in [1.82, 2.24) is 4.90 Å². The Kier molecular flexibility index (Phi) is 6.65. The van der Waals surface area contributed by atoms with Gasteiger partial charge in [-0.3, -0.25) is 24.1 Å². The van der Waals surface area contributed by atoms with E-state index in [-0.39, 0.29) is 28.7 Å². The number of aryl methyl sites for hydroxylation is 1. The molecule has 30 heavy (non-hydrogen) atoms. The van der Waals surface area contributed by atoms with Crippen LogP contribution in [0, 0.1) is 6.92 Å². The number of amides is 3. The SMILES string of the molecule is Cc1ccc2c(c1)C(=O)N(CCC(=O)OCC(=O)Nc1c(Cl)cc(Cl)cc1Cl)C2=O. The van der Waals surface area contributed by atoms with Crippen molar-refractivity contribution in [3.05, 3.63) is 62.1 Å². The second-order valence-corrected chi connectivity index (χ2v) is 7.77. The molecule has 1 aliphatic heterocycles. The lowest BCUT2D eigenvalue weighted by Gasteiger charge is -2.13. The summed E-state index contributed by atoms with van der Waals surface area (Å²) in [6, 6.07) is 7.76. The average molecular weight is 470 g/mol. The summed E-state index contributed by atoms with van der Waals surface area (Å²) in [6.07, 6.45) is -0.250. The summed E-state index contributed by atoms with van der Waals surface area (Å²) in [5.41, 5.74) is 1.60. The number of rotatable bonds is 6. The Hall–Kier alpha value is -2.61. The topological polar surface area (TPSA) is 92.8 Å². The molecule has 7 nitrogen and oxygen atoms in total. The zero-order valence-electron chi connectivity index (χ0n) is 15.6. The van der Waals surface area contributed by atoms with E-state index in [1.165, 1.54) is 12.1 Å². The molecule has 3 amide bonds. The number of anilines is 1. The van der Waals surface area contributed by atoms with Gasteiger partial charge >= 0.3 is 5.97 Å². The Morgan fingerprint density at radius 1 is 1.00 bits per heavy atom. The van der Waals surface area contributed by atoms with Crippen molar-refractivity contribution in [3.63, 3.8) is 0 Å². The summed E-state index contributed by atoms with van der Waals surface area (Å²) < 4.78 is 4.89. The molecule has 10 heteroatoms. The van der Waals surface area contributed by atoms with Gasteiger partial charge in [0, 0.05) is 11.6 Å². The summed E-state index contributed by atoms with van der Waals surface area (Å²) in [5.74, 6) is -2.33. The lowest BCUT2D eigenvalue weighted by Crippen LogP contribution is -2.32. The fourth-order valence-electron chi connectivity index (χ4n) is 2.87. The van der Waals surface area contributed by atoms with Crippen molar-refractivity contribution in [2.75, 3.05) is 18.5 Å². The molecule has 0 unspecified atom stereocenters. The van der Waals surface area contributed by atoms with Crippen LogP contribution >= 0.6 is 34.8 Å². The first-order valence-electron chi connectivity index (χ1n) is 8.74. The van der Waals surface area contributed by atoms with E-state index in [4.69, 9.17) is 39.5 Å². The third kappa shape index (κ3) is 4.75. The fraction of sp³-hybridized carbons (Fsp3) is 0.200. The first-order valence-corrected chi connectivity index (χ1v) is 9.87. The van der Waals surface area contributed by atoms with Crippen LogP contribution in [-0.4, -0.2) is 41.7 Å². The Morgan fingerprint density at radius 3 is 2.30 bits per heavy atom. The van der Waals surface area contributed by atoms with Crippen LogP contribution < -0.4 is 5.32 Å². The van der Waals surface area contributed by atoms with Gasteiger partial charge < -0.3 is 10.1 Å². The largest absolute Gasteiger partial charge is 0.456 e. The zero-order valence-corrected chi connectivity index (χ0v) is 17.9. The standard InChI is InChI=1S/C20H15Cl3N2O5/c1-10-2-3-12-13(6-10)20(29)25(19(12)28)5-4-17(27)30-9-16(26)24-18-14(22)7-11(21)8-15(18)23/h2-3,6-8H,4-5,9H2,1H3,(H,24,26). The molecule has 0 atom stereocenters. The zero-order chi connectivity index (χ0) is 22.0. The Balaban J connectivity index is 1.51. The normalized spacial score (nSPS) is 12.7. The van der Waals surface area contributed by atoms with Gasteiger partial charge in [0.1, 0.15) is 0 Å². The number of nitrogens with zero attached hydrogens (tertiary/aromatic N) is 1. The third-order valence-electron chi connectivity index (χ3n) is 4.30. The van der Waals surface area contributed by atoms with E-state index in [1.54, 1.807) is 18.2 Å². The average Bonchev–Trinajstić information content (AvgIpc) is 2.91. The molecule has 0 fully saturated rings. The number of imide groups is 1. The van der Waals surface area contributed by atoms with Crippen LogP contribution in [0.25, 0.3) is 0 Å². The highest BCUT2D eigenvalue weighted by molar-refractivity contribution is 6.42. The summed E-state index contributed by atoms with van der Waals surface area (Å²) in [7, 11) is 0. The van der Waals surface area contributed by atoms with Crippen LogP contribution in [0.4, 0.5) is 5.69 Å². The number of carbonyl (C=O) groups excluding carboxylic acids is 4. The second-order valence-electron chi connectivity index (χ2n) is 6.51. The predicted molar refractivity (Wildman–Crippen MR) is 112 cm³/mol. The number of nitrogens with one attached hydrogen (secondary N) is 1. The van der Waals surface area contributed by atoms with Gasteiger partial charge in [-0.25, -0.2) is 0 Å². The van der Waals surface area contributed by atoms with Gasteiger partial charge in [-0.05, 0) is 31.2 Å². The Morgan fingerprint density at radius 2 is 1.63 bits per heavy atom. The molecule has 3 rings (SSSR count). The fourth-order valence-corrected chi connectivity index (χ4v) is 3.78. The van der Waals surface area contributed by atoms with E-state index in [0.717, 1.165) is 10.5 Å². The summed E-state index contributed by atoms with van der Waals surface area (Å²) >= 11 is 17.8. The molecule has 0 spiro atoms. The highest BCUT2D eigenvalue weighted by atomic mass is 35.5. The van der Waals surface area contributed by atoms with E-state index in [1.807, 2.05) is 6.92 Å². The van der Waals surface area contributed by atoms with E-state index >= 15 is 0 Å². The molecule has 0 radical (unpaired) electrons. The van der Waals surface area contributed by atoms with Crippen LogP contribution in [0.3, 0.4) is 0 Å². The molecular weight excluding hydrogens is 455 g/mol. The van der Waals surface area contributed by atoms with Crippen molar-refractivity contribution in [1.29, 1.82) is 0 Å². The van der Waals surface area contributed by atoms with E-state index in [2.05, 4.69) is 5.32 Å². The van der Waals surface area contributed by atoms with E-state index in [0.29, 0.717) is 16.1 Å². The number of ether oxygens (including phenoxy) is 1. The summed E-state index contributed by atoms with van der Waals surface area (Å²) in [6.45, 7) is 1.07. The highest BCUT2D eigenvalue weighted by Crippen LogP contribution is 2.33. The van der Waals surface area contributed by atoms with Crippen LogP contribution in [0.1, 0.15) is 32.7 Å². The number of hydrogen-bond donors (Lipinski definition) is 1. The van der Waals surface area contributed by atoms with Crippen LogP contribution in [0.2, 0.25) is 15.1 Å². The van der Waals surface area contributed by atoms with Gasteiger partial charge in [0.2, 0.25) is 0 Å². The Bertz CT molecular complexity index is 1050. The first-order chi connectivity index (χ1) is 14.2. The van der Waals surface area contributed by atoms with Gasteiger partial charge in [-0.1, -0.05) is 46.4 Å². The van der Waals surface area contributed by atoms with E-state index in [9.17, 15) is 19.2 Å².